The van der Waals surface area contributed by atoms with Crippen molar-refractivity contribution in [1.29, 1.82) is 0 Å². The molecule has 1 atom stereocenters. The molecule has 0 fully saturated rings. The number of hydrogen-bond acceptors (Lipinski definition) is 7. The van der Waals surface area contributed by atoms with Crippen LogP contribution in [0.25, 0.3) is 22.2 Å². The number of nitrogens with one attached hydrogen (secondary N) is 4. The van der Waals surface area contributed by atoms with Crippen molar-refractivity contribution >= 4 is 38.5 Å². The number of fused-ring (bicyclic) bond motifs is 1. The third kappa shape index (κ3) is 8.56. The maximum absolute atomic E-state index is 13.4. The molecule has 0 aliphatic rings. The van der Waals surface area contributed by atoms with Crippen molar-refractivity contribution in [2.75, 3.05) is 13.4 Å². The first-order chi connectivity index (χ1) is 21.0. The van der Waals surface area contributed by atoms with Crippen molar-refractivity contribution < 1.29 is 27.5 Å². The fourth-order valence-corrected chi connectivity index (χ4v) is 5.59. The average molecular weight is 622 g/mol. The molecule has 2 aromatic carbocycles. The second-order valence-corrected chi connectivity index (χ2v) is 12.6. The van der Waals surface area contributed by atoms with Crippen molar-refractivity contribution in [1.82, 2.24) is 25.0 Å². The van der Waals surface area contributed by atoms with Crippen molar-refractivity contribution in [2.45, 2.75) is 64.8 Å². The third-order valence-corrected chi connectivity index (χ3v) is 8.04. The predicted molar refractivity (Wildman–Crippen MR) is 169 cm³/mol. The van der Waals surface area contributed by atoms with Gasteiger partial charge in [-0.2, -0.15) is 0 Å². The zero-order chi connectivity index (χ0) is 31.9. The van der Waals surface area contributed by atoms with Crippen LogP contribution < -0.4 is 14.8 Å². The van der Waals surface area contributed by atoms with Gasteiger partial charge in [-0.3, -0.25) is 14.4 Å². The highest BCUT2D eigenvalue weighted by Gasteiger charge is 2.21. The molecular weight excluding hydrogens is 582 g/mol. The first kappa shape index (κ1) is 32.5. The van der Waals surface area contributed by atoms with E-state index >= 15 is 0 Å². The number of imidazole rings is 1. The van der Waals surface area contributed by atoms with Gasteiger partial charge in [0.15, 0.2) is 0 Å². The number of carbonyl (C=O) groups is 3. The Morgan fingerprint density at radius 3 is 2.57 bits per heavy atom. The number of rotatable bonds is 15. The number of nitrogens with zero attached hydrogens (tertiary/aromatic N) is 1. The predicted octanol–water partition coefficient (Wildman–Crippen LogP) is 4.89. The molecule has 0 aliphatic heterocycles. The van der Waals surface area contributed by atoms with Crippen LogP contribution in [0.1, 0.15) is 78.9 Å². The molecule has 2 amide bonds. The number of Topliss-reactive ketones (excluding diaryl/α,β-unsaturated/α-hetero) is 1. The van der Waals surface area contributed by atoms with Gasteiger partial charge in [0.1, 0.15) is 17.4 Å². The number of carbonyl (C=O) groups excluding carboxylic acids is 3. The van der Waals surface area contributed by atoms with E-state index in [0.29, 0.717) is 42.1 Å². The summed E-state index contributed by atoms with van der Waals surface area (Å²) in [6.07, 6.45) is 6.79. The van der Waals surface area contributed by atoms with Crippen LogP contribution in [-0.4, -0.2) is 54.3 Å². The number of aromatic amines is 2. The molecule has 0 unspecified atom stereocenters. The molecule has 0 saturated heterocycles. The molecule has 0 radical (unpaired) electrons. The molecule has 0 saturated carbocycles. The largest absolute Gasteiger partial charge is 0.497 e. The van der Waals surface area contributed by atoms with Gasteiger partial charge in [-0.25, -0.2) is 18.1 Å². The first-order valence-corrected chi connectivity index (χ1v) is 16.5. The number of aryl methyl sites for hydroxylation is 1. The van der Waals surface area contributed by atoms with Gasteiger partial charge >= 0.3 is 0 Å². The summed E-state index contributed by atoms with van der Waals surface area (Å²) in [6, 6.07) is 11.8. The number of aromatic nitrogens is 3. The summed E-state index contributed by atoms with van der Waals surface area (Å²) in [6.45, 7) is 3.80. The minimum Gasteiger partial charge on any atom is -0.497 e. The number of ether oxygens (including phenoxy) is 1. The van der Waals surface area contributed by atoms with Crippen LogP contribution in [-0.2, 0) is 26.0 Å². The Balaban J connectivity index is 1.53. The summed E-state index contributed by atoms with van der Waals surface area (Å²) in [5.41, 5.74) is 4.14. The quantitative estimate of drug-likeness (QED) is 0.137. The molecule has 234 valence electrons. The van der Waals surface area contributed by atoms with E-state index in [4.69, 9.17) is 4.74 Å². The Labute approximate surface area is 257 Å². The zero-order valence-corrected chi connectivity index (χ0v) is 26.3. The monoisotopic (exact) mass is 621 g/mol. The number of benzene rings is 2. The van der Waals surface area contributed by atoms with Crippen molar-refractivity contribution in [2.24, 2.45) is 0 Å². The summed E-state index contributed by atoms with van der Waals surface area (Å²) in [5.74, 6) is 0.606. The van der Waals surface area contributed by atoms with Gasteiger partial charge in [-0.05, 0) is 55.7 Å². The van der Waals surface area contributed by atoms with Crippen molar-refractivity contribution in [3.8, 4) is 17.0 Å². The Kier molecular flexibility index (Phi) is 10.6. The molecule has 2 heterocycles. The van der Waals surface area contributed by atoms with E-state index < -0.39 is 22.0 Å². The number of amides is 2. The lowest BCUT2D eigenvalue weighted by Gasteiger charge is -2.17. The normalized spacial score (nSPS) is 12.2. The third-order valence-electron chi connectivity index (χ3n) is 7.48. The summed E-state index contributed by atoms with van der Waals surface area (Å²) < 4.78 is 30.4. The van der Waals surface area contributed by atoms with Crippen molar-refractivity contribution in [3.05, 3.63) is 71.3 Å². The molecular formula is C32H39N5O6S. The Morgan fingerprint density at radius 1 is 1.05 bits per heavy atom. The van der Waals surface area contributed by atoms with E-state index in [1.165, 1.54) is 6.07 Å². The number of H-pyrrole nitrogens is 2. The fraction of sp³-hybridized carbons (Fsp3) is 0.375. The zero-order valence-electron chi connectivity index (χ0n) is 25.5. The molecule has 4 aromatic rings. The van der Waals surface area contributed by atoms with E-state index in [1.807, 2.05) is 36.8 Å². The summed E-state index contributed by atoms with van der Waals surface area (Å²) in [5, 5.41) is 4.07. The topological polar surface area (TPSA) is 163 Å². The minimum atomic E-state index is -3.71. The van der Waals surface area contributed by atoms with Crippen LogP contribution >= 0.6 is 0 Å². The van der Waals surface area contributed by atoms with Gasteiger partial charge in [0.25, 0.3) is 5.91 Å². The standard InChI is InChI=1S/C32H39N5O6S/c1-5-23(38)12-7-6-8-13-28(35-30(39)18-25-20(2)34-27-15-14-24(43-3)17-26(25)27)31-33-19-29(36-31)21-10-9-11-22(16-21)32(40)37-44(4,41)42/h9-11,14-17,19,28,34H,5-8,12-13,18H2,1-4H3,(H,33,36)(H,35,39)(H,37,40)/t28-/m0/s1. The molecule has 0 bridgehead atoms. The summed E-state index contributed by atoms with van der Waals surface area (Å²) >= 11 is 0. The lowest BCUT2D eigenvalue weighted by Crippen LogP contribution is -2.30. The first-order valence-electron chi connectivity index (χ1n) is 14.6. The average Bonchev–Trinajstić information content (AvgIpc) is 3.60. The SMILES string of the molecule is CCC(=O)CCCCC[C@H](NC(=O)Cc1c(C)[nH]c2ccc(OC)cc12)c1ncc(-c2cccc(C(=O)NS(C)(=O)=O)c2)[nH]1. The van der Waals surface area contributed by atoms with Gasteiger partial charge in [0.2, 0.25) is 15.9 Å². The van der Waals surface area contributed by atoms with Crippen LogP contribution in [0, 0.1) is 6.92 Å². The van der Waals surface area contributed by atoms with Crippen LogP contribution in [0.3, 0.4) is 0 Å². The highest BCUT2D eigenvalue weighted by Crippen LogP contribution is 2.28. The van der Waals surface area contributed by atoms with Crippen LogP contribution in [0.2, 0.25) is 0 Å². The highest BCUT2D eigenvalue weighted by molar-refractivity contribution is 7.89. The lowest BCUT2D eigenvalue weighted by atomic mass is 10.0. The molecule has 4 rings (SSSR count). The van der Waals surface area contributed by atoms with Crippen LogP contribution in [0.5, 0.6) is 5.75 Å². The van der Waals surface area contributed by atoms with Gasteiger partial charge in [0.05, 0.1) is 37.7 Å². The number of sulfonamides is 1. The van der Waals surface area contributed by atoms with E-state index in [0.717, 1.165) is 47.7 Å². The number of unbranched alkanes of at least 4 members (excludes halogenated alkanes) is 2. The number of hydrogen-bond donors (Lipinski definition) is 4. The molecule has 4 N–H and O–H groups in total. The van der Waals surface area contributed by atoms with E-state index in [9.17, 15) is 22.8 Å². The minimum absolute atomic E-state index is 0.158. The summed E-state index contributed by atoms with van der Waals surface area (Å²) in [7, 11) is -2.11. The van der Waals surface area contributed by atoms with Crippen molar-refractivity contribution in [3.63, 3.8) is 0 Å². The Hall–Kier alpha value is -4.45. The van der Waals surface area contributed by atoms with E-state index in [-0.39, 0.29) is 23.7 Å². The van der Waals surface area contributed by atoms with E-state index in [1.54, 1.807) is 31.5 Å². The van der Waals surface area contributed by atoms with Gasteiger partial charge in [-0.15, -0.1) is 0 Å². The molecule has 11 nitrogen and oxygen atoms in total. The van der Waals surface area contributed by atoms with E-state index in [2.05, 4.69) is 20.3 Å². The highest BCUT2D eigenvalue weighted by atomic mass is 32.2. The molecule has 2 aromatic heterocycles. The van der Waals surface area contributed by atoms with Gasteiger partial charge in [-0.1, -0.05) is 31.9 Å². The molecule has 0 spiro atoms. The maximum atomic E-state index is 13.4. The van der Waals surface area contributed by atoms with Gasteiger partial charge < -0.3 is 20.0 Å². The Bertz CT molecular complexity index is 1760. The second-order valence-electron chi connectivity index (χ2n) is 10.9. The maximum Gasteiger partial charge on any atom is 0.264 e. The van der Waals surface area contributed by atoms with Gasteiger partial charge in [0, 0.05) is 40.6 Å². The number of methoxy groups -OCH3 is 1. The molecule has 12 heteroatoms. The van der Waals surface area contributed by atoms with Crippen LogP contribution in [0.15, 0.2) is 48.7 Å². The second kappa shape index (κ2) is 14.3. The smallest absolute Gasteiger partial charge is 0.264 e. The fourth-order valence-electron chi connectivity index (χ4n) is 5.14. The molecule has 0 aliphatic carbocycles. The van der Waals surface area contributed by atoms with Crippen LogP contribution in [0.4, 0.5) is 0 Å². The summed E-state index contributed by atoms with van der Waals surface area (Å²) in [4.78, 5) is 48.7. The Morgan fingerprint density at radius 2 is 1.84 bits per heavy atom. The lowest BCUT2D eigenvalue weighted by molar-refractivity contribution is -0.121. The molecule has 44 heavy (non-hydrogen) atoms. The number of ketones is 1.